The summed E-state index contributed by atoms with van der Waals surface area (Å²) in [5.41, 5.74) is 5.36. The van der Waals surface area contributed by atoms with Crippen LogP contribution in [0.2, 0.25) is 0 Å². The average molecular weight is 640 g/mol. The third kappa shape index (κ3) is 10.1. The number of hydrogen-bond acceptors (Lipinski definition) is 6. The number of nitrogens with one attached hydrogen (secondary N) is 4. The van der Waals surface area contributed by atoms with Crippen LogP contribution in [-0.2, 0) is 35.6 Å². The summed E-state index contributed by atoms with van der Waals surface area (Å²) in [5, 5.41) is 6.65. The minimum absolute atomic E-state index is 0. The Morgan fingerprint density at radius 3 is 1.33 bits per heavy atom. The van der Waals surface area contributed by atoms with Crippen molar-refractivity contribution in [2.45, 2.75) is 41.5 Å². The molecule has 0 atom stereocenters. The van der Waals surface area contributed by atoms with Crippen LogP contribution in [0.5, 0.6) is 0 Å². The predicted molar refractivity (Wildman–Crippen MR) is 166 cm³/mol. The van der Waals surface area contributed by atoms with Crippen molar-refractivity contribution in [3.63, 3.8) is 0 Å². The van der Waals surface area contributed by atoms with Gasteiger partial charge in [0, 0.05) is 36.6 Å². The molecule has 2 fully saturated rings. The number of morpholine rings is 2. The fourth-order valence-corrected chi connectivity index (χ4v) is 5.49. The Bertz CT molecular complexity index is 1110. The maximum Gasteiger partial charge on any atom is 2.00 e. The SMILES string of the molecule is CC(C)(C)C1=CC(=CNCCNC=C2C=C(C(C)(C)C)C=C(C[NH+]3CCOCC3)C2=O)C(=O)C(C[NH+]2CCOCC2)=C1.[Ni+2]. The summed E-state index contributed by atoms with van der Waals surface area (Å²) in [6, 6.07) is 0. The van der Waals surface area contributed by atoms with Crippen molar-refractivity contribution in [1.82, 2.24) is 10.6 Å². The molecule has 0 amide bonds. The van der Waals surface area contributed by atoms with Gasteiger partial charge in [0.15, 0.2) is 11.6 Å². The molecule has 2 saturated heterocycles. The van der Waals surface area contributed by atoms with E-state index < -0.39 is 0 Å². The normalized spacial score (nSPS) is 22.9. The third-order valence-electron chi connectivity index (χ3n) is 8.33. The molecule has 43 heavy (non-hydrogen) atoms. The van der Waals surface area contributed by atoms with E-state index in [0.717, 1.165) is 76.8 Å². The molecule has 2 aliphatic heterocycles. The monoisotopic (exact) mass is 638 g/mol. The largest absolute Gasteiger partial charge is 2.00 e. The van der Waals surface area contributed by atoms with Crippen molar-refractivity contribution >= 4 is 11.6 Å². The number of ether oxygens (including phenoxy) is 2. The van der Waals surface area contributed by atoms with Crippen molar-refractivity contribution in [1.29, 1.82) is 0 Å². The molecule has 8 nitrogen and oxygen atoms in total. The van der Waals surface area contributed by atoms with Gasteiger partial charge in [-0.3, -0.25) is 9.59 Å². The maximum atomic E-state index is 13.4. The summed E-state index contributed by atoms with van der Waals surface area (Å²) in [4.78, 5) is 29.5. The van der Waals surface area contributed by atoms with Gasteiger partial charge in [-0.15, -0.1) is 0 Å². The maximum absolute atomic E-state index is 13.4. The smallest absolute Gasteiger partial charge is 0.389 e. The molecular weight excluding hydrogens is 587 g/mol. The number of carbonyl (C=O) groups excluding carboxylic acids is 2. The molecule has 238 valence electrons. The number of carbonyl (C=O) groups is 2. The second-order valence-electron chi connectivity index (χ2n) is 13.9. The quantitative estimate of drug-likeness (QED) is 0.169. The van der Waals surface area contributed by atoms with Gasteiger partial charge in [0.1, 0.15) is 39.3 Å². The molecular formula is C34H52N4NiO4+4. The topological polar surface area (TPSA) is 85.5 Å². The fourth-order valence-electron chi connectivity index (χ4n) is 5.49. The molecule has 4 aliphatic rings. The van der Waals surface area contributed by atoms with E-state index in [-0.39, 0.29) is 38.9 Å². The van der Waals surface area contributed by atoms with Crippen LogP contribution in [-0.4, -0.2) is 90.4 Å². The molecule has 0 bridgehead atoms. The van der Waals surface area contributed by atoms with E-state index in [1.807, 2.05) is 24.6 Å². The van der Waals surface area contributed by atoms with Crippen molar-refractivity contribution in [2.75, 3.05) is 78.8 Å². The third-order valence-corrected chi connectivity index (χ3v) is 8.33. The molecule has 2 heterocycles. The number of hydrogen-bond donors (Lipinski definition) is 4. The van der Waals surface area contributed by atoms with Crippen LogP contribution >= 0.6 is 0 Å². The Morgan fingerprint density at radius 1 is 0.651 bits per heavy atom. The van der Waals surface area contributed by atoms with E-state index in [9.17, 15) is 9.59 Å². The van der Waals surface area contributed by atoms with E-state index in [1.54, 1.807) is 0 Å². The molecule has 9 heteroatoms. The predicted octanol–water partition coefficient (Wildman–Crippen LogP) is 0.724. The van der Waals surface area contributed by atoms with Gasteiger partial charge < -0.3 is 29.9 Å². The van der Waals surface area contributed by atoms with Crippen LogP contribution in [0.15, 0.2) is 70.1 Å². The molecule has 0 aromatic rings. The summed E-state index contributed by atoms with van der Waals surface area (Å²) in [5.74, 6) is 0.192. The van der Waals surface area contributed by atoms with Gasteiger partial charge in [-0.25, -0.2) is 0 Å². The standard InChI is InChI=1S/C34H50N4O4.Ni/c1-33(2,3)29-17-25(31(39)27(19-29)23-37-9-13-41-14-10-37)21-35-7-8-36-22-26-18-30(34(4,5)6)20-28(32(26)40)24-38-11-15-42-16-12-38;/h17-22,35-36H,7-16,23-24H2,1-6H3;/q;+2/p+2. The summed E-state index contributed by atoms with van der Waals surface area (Å²) in [6.07, 6.45) is 11.9. The zero-order valence-electron chi connectivity index (χ0n) is 26.9. The number of quaternary nitrogens is 2. The number of rotatable bonds is 9. The first-order valence-corrected chi connectivity index (χ1v) is 15.6. The van der Waals surface area contributed by atoms with Crippen LogP contribution in [0, 0.1) is 10.8 Å². The number of ketones is 2. The second-order valence-corrected chi connectivity index (χ2v) is 13.9. The van der Waals surface area contributed by atoms with Crippen molar-refractivity contribution in [2.24, 2.45) is 10.8 Å². The summed E-state index contributed by atoms with van der Waals surface area (Å²) in [6.45, 7) is 22.5. The number of Topliss-reactive ketones (excluding diaryl/α,β-unsaturated/α-hetero) is 2. The molecule has 0 aromatic heterocycles. The summed E-state index contributed by atoms with van der Waals surface area (Å²) in [7, 11) is 0. The van der Waals surface area contributed by atoms with Crippen molar-refractivity contribution in [3.8, 4) is 0 Å². The van der Waals surface area contributed by atoms with E-state index in [0.29, 0.717) is 24.2 Å². The van der Waals surface area contributed by atoms with Crippen molar-refractivity contribution in [3.05, 3.63) is 70.1 Å². The minimum Gasteiger partial charge on any atom is -0.389 e. The summed E-state index contributed by atoms with van der Waals surface area (Å²) < 4.78 is 11.0. The van der Waals surface area contributed by atoms with Crippen molar-refractivity contribution < 1.29 is 45.4 Å². The molecule has 0 spiro atoms. The van der Waals surface area contributed by atoms with E-state index in [2.05, 4.69) is 64.3 Å². The Labute approximate surface area is 268 Å². The van der Waals surface area contributed by atoms with Gasteiger partial charge in [0.25, 0.3) is 0 Å². The van der Waals surface area contributed by atoms with E-state index >= 15 is 0 Å². The van der Waals surface area contributed by atoms with Crippen LogP contribution in [0.25, 0.3) is 0 Å². The fraction of sp³-hybridized carbons (Fsp3) is 0.588. The molecule has 0 aromatic carbocycles. The number of allylic oxidation sites excluding steroid dienone is 8. The first-order valence-electron chi connectivity index (χ1n) is 15.6. The Hall–Kier alpha value is -2.29. The Morgan fingerprint density at radius 2 is 1.00 bits per heavy atom. The van der Waals surface area contributed by atoms with Crippen LogP contribution in [0.4, 0.5) is 0 Å². The zero-order valence-corrected chi connectivity index (χ0v) is 27.9. The second kappa shape index (κ2) is 15.6. The van der Waals surface area contributed by atoms with Gasteiger partial charge in [-0.1, -0.05) is 41.5 Å². The molecule has 2 aliphatic carbocycles. The van der Waals surface area contributed by atoms with E-state index in [4.69, 9.17) is 9.47 Å². The summed E-state index contributed by atoms with van der Waals surface area (Å²) >= 11 is 0. The molecule has 0 saturated carbocycles. The molecule has 0 unspecified atom stereocenters. The van der Waals surface area contributed by atoms with Crippen LogP contribution < -0.4 is 20.4 Å². The van der Waals surface area contributed by atoms with Gasteiger partial charge in [0.05, 0.1) is 37.6 Å². The molecule has 0 radical (unpaired) electrons. The van der Waals surface area contributed by atoms with Gasteiger partial charge in [0.2, 0.25) is 0 Å². The zero-order chi connectivity index (χ0) is 30.3. The van der Waals surface area contributed by atoms with E-state index in [1.165, 1.54) is 20.9 Å². The minimum atomic E-state index is -0.0539. The average Bonchev–Trinajstić information content (AvgIpc) is 2.94. The molecule has 4 N–H and O–H groups in total. The van der Waals surface area contributed by atoms with Gasteiger partial charge >= 0.3 is 16.5 Å². The van der Waals surface area contributed by atoms with Gasteiger partial charge in [-0.05, 0) is 46.3 Å². The van der Waals surface area contributed by atoms with Gasteiger partial charge in [-0.2, -0.15) is 0 Å². The Balaban J connectivity index is 0.00000506. The van der Waals surface area contributed by atoms with Crippen LogP contribution in [0.1, 0.15) is 41.5 Å². The Kier molecular flexibility index (Phi) is 12.8. The van der Waals surface area contributed by atoms with Crippen LogP contribution in [0.3, 0.4) is 0 Å². The first-order chi connectivity index (χ1) is 19.9. The first kappa shape index (κ1) is 35.2. The molecule has 4 rings (SSSR count).